The molecule has 5 rings (SSSR count). The maximum absolute atomic E-state index is 13.0. The average molecular weight is 444 g/mol. The molecule has 1 aliphatic carbocycles. The molecule has 0 N–H and O–H groups in total. The van der Waals surface area contributed by atoms with Gasteiger partial charge in [0.15, 0.2) is 5.16 Å². The highest BCUT2D eigenvalue weighted by Gasteiger charge is 2.24. The second kappa shape index (κ2) is 7.81. The van der Waals surface area contributed by atoms with Crippen molar-refractivity contribution in [2.24, 2.45) is 7.05 Å². The number of anilines is 1. The summed E-state index contributed by atoms with van der Waals surface area (Å²) < 4.78 is 1.61. The van der Waals surface area contributed by atoms with Crippen molar-refractivity contribution in [2.75, 3.05) is 23.0 Å². The van der Waals surface area contributed by atoms with Crippen LogP contribution in [0.3, 0.4) is 0 Å². The molecule has 0 atom stereocenters. The van der Waals surface area contributed by atoms with Gasteiger partial charge in [-0.15, -0.1) is 23.1 Å². The van der Waals surface area contributed by atoms with E-state index in [0.29, 0.717) is 11.7 Å². The molecule has 0 saturated carbocycles. The lowest BCUT2D eigenvalue weighted by molar-refractivity contribution is -0.116. The van der Waals surface area contributed by atoms with Crippen molar-refractivity contribution in [2.45, 2.75) is 35.7 Å². The van der Waals surface area contributed by atoms with Crippen molar-refractivity contribution < 1.29 is 4.79 Å². The molecule has 1 aromatic carbocycles. The molecule has 1 aliphatic heterocycles. The summed E-state index contributed by atoms with van der Waals surface area (Å²) in [4.78, 5) is 35.9. The summed E-state index contributed by atoms with van der Waals surface area (Å²) in [6.45, 7) is 0.712. The molecule has 3 heterocycles. The van der Waals surface area contributed by atoms with Gasteiger partial charge in [-0.2, -0.15) is 0 Å². The second-order valence-corrected chi connectivity index (χ2v) is 10.5. The van der Waals surface area contributed by atoms with Crippen LogP contribution in [0.5, 0.6) is 0 Å². The van der Waals surface area contributed by atoms with Gasteiger partial charge in [0.1, 0.15) is 4.83 Å². The molecular weight excluding hydrogens is 422 g/mol. The highest BCUT2D eigenvalue weighted by Crippen LogP contribution is 2.36. The van der Waals surface area contributed by atoms with Crippen LogP contribution in [0.25, 0.3) is 10.2 Å². The Bertz CT molecular complexity index is 1170. The summed E-state index contributed by atoms with van der Waals surface area (Å²) in [6, 6.07) is 8.03. The molecule has 0 saturated heterocycles. The number of carbonyl (C=O) groups excluding carboxylic acids is 1. The Morgan fingerprint density at radius 2 is 2.07 bits per heavy atom. The topological polar surface area (TPSA) is 55.2 Å². The smallest absolute Gasteiger partial charge is 0.262 e. The van der Waals surface area contributed by atoms with Crippen LogP contribution >= 0.6 is 34.9 Å². The van der Waals surface area contributed by atoms with Gasteiger partial charge in [0.2, 0.25) is 5.91 Å². The number of para-hydroxylation sites is 1. The van der Waals surface area contributed by atoms with Crippen molar-refractivity contribution in [1.29, 1.82) is 0 Å². The maximum Gasteiger partial charge on any atom is 0.262 e. The number of aromatic nitrogens is 2. The highest BCUT2D eigenvalue weighted by molar-refractivity contribution is 8.00. The lowest BCUT2D eigenvalue weighted by atomic mass is 9.97. The summed E-state index contributed by atoms with van der Waals surface area (Å²) in [6.07, 6.45) is 4.35. The van der Waals surface area contributed by atoms with E-state index < -0.39 is 0 Å². The molecule has 1 amide bonds. The molecular formula is C21H21N3O2S3. The van der Waals surface area contributed by atoms with Gasteiger partial charge in [0.05, 0.1) is 16.8 Å². The molecule has 0 radical (unpaired) electrons. The van der Waals surface area contributed by atoms with Gasteiger partial charge in [0.25, 0.3) is 5.56 Å². The van der Waals surface area contributed by atoms with Gasteiger partial charge in [0, 0.05) is 29.1 Å². The summed E-state index contributed by atoms with van der Waals surface area (Å²) in [5, 5.41) is 1.42. The Morgan fingerprint density at radius 1 is 1.24 bits per heavy atom. The minimum Gasteiger partial charge on any atom is -0.310 e. The third kappa shape index (κ3) is 3.41. The number of thioether (sulfide) groups is 2. The zero-order valence-electron chi connectivity index (χ0n) is 16.1. The minimum absolute atomic E-state index is 0.0177. The molecule has 5 nitrogen and oxygen atoms in total. The zero-order chi connectivity index (χ0) is 20.0. The summed E-state index contributed by atoms with van der Waals surface area (Å²) in [7, 11) is 1.77. The van der Waals surface area contributed by atoms with Crippen LogP contribution in [0.4, 0.5) is 5.69 Å². The number of amides is 1. The fourth-order valence-electron chi connectivity index (χ4n) is 4.03. The number of hydrogen-bond acceptors (Lipinski definition) is 6. The van der Waals surface area contributed by atoms with Gasteiger partial charge in [-0.25, -0.2) is 4.98 Å². The van der Waals surface area contributed by atoms with Gasteiger partial charge in [-0.3, -0.25) is 14.2 Å². The van der Waals surface area contributed by atoms with Crippen molar-refractivity contribution in [3.05, 3.63) is 45.1 Å². The molecule has 0 fully saturated rings. The summed E-state index contributed by atoms with van der Waals surface area (Å²) >= 11 is 4.80. The van der Waals surface area contributed by atoms with Crippen LogP contribution in [-0.2, 0) is 24.7 Å². The van der Waals surface area contributed by atoms with Crippen molar-refractivity contribution in [3.8, 4) is 0 Å². The van der Waals surface area contributed by atoms with Crippen LogP contribution in [0, 0.1) is 0 Å². The standard InChI is InChI=1S/C21H21N3O2S3/c1-23-20(26)18-13-6-2-4-8-15(13)29-19(18)22-21(23)28-12-17(25)24-10-11-27-16-9-5-3-7-14(16)24/h3,5,7,9H,2,4,6,8,10-12H2,1H3. The van der Waals surface area contributed by atoms with E-state index >= 15 is 0 Å². The van der Waals surface area contributed by atoms with Crippen LogP contribution in [0.1, 0.15) is 23.3 Å². The fraction of sp³-hybridized carbons (Fsp3) is 0.381. The summed E-state index contributed by atoms with van der Waals surface area (Å²) in [5.41, 5.74) is 2.21. The van der Waals surface area contributed by atoms with Crippen molar-refractivity contribution in [3.63, 3.8) is 0 Å². The monoisotopic (exact) mass is 443 g/mol. The Hall–Kier alpha value is -1.77. The number of aryl methyl sites for hydroxylation is 2. The van der Waals surface area contributed by atoms with E-state index in [-0.39, 0.29) is 17.2 Å². The molecule has 0 unspecified atom stereocenters. The van der Waals surface area contributed by atoms with Crippen LogP contribution in [0.2, 0.25) is 0 Å². The number of nitrogens with zero attached hydrogens (tertiary/aromatic N) is 3. The predicted octanol–water partition coefficient (Wildman–Crippen LogP) is 4.10. The van der Waals surface area contributed by atoms with E-state index in [9.17, 15) is 9.59 Å². The van der Waals surface area contributed by atoms with E-state index in [1.165, 1.54) is 28.6 Å². The first-order valence-electron chi connectivity index (χ1n) is 9.80. The average Bonchev–Trinajstić information content (AvgIpc) is 3.13. The largest absolute Gasteiger partial charge is 0.310 e. The van der Waals surface area contributed by atoms with Crippen LogP contribution in [-0.4, -0.2) is 33.5 Å². The first-order chi connectivity index (χ1) is 14.1. The van der Waals surface area contributed by atoms with Crippen LogP contribution < -0.4 is 10.5 Å². The molecule has 2 aliphatic rings. The quantitative estimate of drug-likeness (QED) is 0.451. The Balaban J connectivity index is 1.41. The second-order valence-electron chi connectivity index (χ2n) is 7.30. The number of benzene rings is 1. The van der Waals surface area contributed by atoms with E-state index in [2.05, 4.69) is 6.07 Å². The van der Waals surface area contributed by atoms with Crippen molar-refractivity contribution >= 4 is 56.7 Å². The third-order valence-electron chi connectivity index (χ3n) is 5.51. The van der Waals surface area contributed by atoms with Gasteiger partial charge in [-0.1, -0.05) is 23.9 Å². The number of thiophene rings is 1. The Kier molecular flexibility index (Phi) is 5.17. The lowest BCUT2D eigenvalue weighted by Gasteiger charge is -2.28. The number of fused-ring (bicyclic) bond motifs is 4. The number of hydrogen-bond donors (Lipinski definition) is 0. The molecule has 8 heteroatoms. The maximum atomic E-state index is 13.0. The normalized spacial score (nSPS) is 16.0. The van der Waals surface area contributed by atoms with E-state index in [0.717, 1.165) is 45.8 Å². The molecule has 0 spiro atoms. The SMILES string of the molecule is Cn1c(SCC(=O)N2CCSc3ccccc32)nc2sc3c(c2c1=O)CCCC3. The predicted molar refractivity (Wildman–Crippen MR) is 122 cm³/mol. The van der Waals surface area contributed by atoms with E-state index in [1.807, 2.05) is 23.1 Å². The zero-order valence-corrected chi connectivity index (χ0v) is 18.6. The van der Waals surface area contributed by atoms with Crippen LogP contribution in [0.15, 0.2) is 39.1 Å². The first-order valence-corrected chi connectivity index (χ1v) is 12.6. The molecule has 150 valence electrons. The number of rotatable bonds is 3. The number of carbonyl (C=O) groups is 1. The fourth-order valence-corrected chi connectivity index (χ4v) is 7.17. The molecule has 2 aromatic heterocycles. The Labute approximate surface area is 181 Å². The van der Waals surface area contributed by atoms with E-state index in [1.54, 1.807) is 34.7 Å². The lowest BCUT2D eigenvalue weighted by Crippen LogP contribution is -2.36. The third-order valence-corrected chi connectivity index (χ3v) is 8.75. The van der Waals surface area contributed by atoms with Gasteiger partial charge < -0.3 is 4.90 Å². The van der Waals surface area contributed by atoms with Gasteiger partial charge >= 0.3 is 0 Å². The molecule has 29 heavy (non-hydrogen) atoms. The first kappa shape index (κ1) is 19.2. The summed E-state index contributed by atoms with van der Waals surface area (Å²) in [5.74, 6) is 1.23. The van der Waals surface area contributed by atoms with Gasteiger partial charge in [-0.05, 0) is 43.4 Å². The molecule has 3 aromatic rings. The van der Waals surface area contributed by atoms with Crippen molar-refractivity contribution in [1.82, 2.24) is 9.55 Å². The Morgan fingerprint density at radius 3 is 2.97 bits per heavy atom. The molecule has 0 bridgehead atoms. The minimum atomic E-state index is 0.0177. The van der Waals surface area contributed by atoms with E-state index in [4.69, 9.17) is 4.98 Å². The highest BCUT2D eigenvalue weighted by atomic mass is 32.2.